The van der Waals surface area contributed by atoms with Gasteiger partial charge in [0.2, 0.25) is 11.8 Å². The molecule has 4 aliphatic rings. The standard InChI is InChI=1S/C28H38F2N4O3.ClH/c1-3-34-26(37)32(2)25(36)27(34)17-21-9-10-22(18-27)33(21)16-13-23(19-7-5-4-6-8-19)31-24(35)20-11-14-28(29,30)15-12-20;/h4-8,20-23H,3,9-18H2,1-2H3,(H,31,35);1H/t21?,22?,23-,27?;/m0./s1. The van der Waals surface area contributed by atoms with Crippen molar-refractivity contribution in [2.75, 3.05) is 20.1 Å². The largest absolute Gasteiger partial charge is 0.349 e. The number of benzene rings is 1. The molecule has 1 aromatic rings. The topological polar surface area (TPSA) is 73.0 Å². The zero-order valence-electron chi connectivity index (χ0n) is 22.2. The van der Waals surface area contributed by atoms with Gasteiger partial charge in [-0.05, 0) is 57.4 Å². The van der Waals surface area contributed by atoms with Gasteiger partial charge in [-0.15, -0.1) is 12.4 Å². The molecular formula is C28H39ClF2N4O3. The Morgan fingerprint density at radius 3 is 2.24 bits per heavy atom. The van der Waals surface area contributed by atoms with Crippen LogP contribution in [0, 0.1) is 5.92 Å². The second-order valence-electron chi connectivity index (χ2n) is 11.3. The van der Waals surface area contributed by atoms with Crippen LogP contribution in [0.15, 0.2) is 30.3 Å². The summed E-state index contributed by atoms with van der Waals surface area (Å²) in [6.45, 7) is 3.21. The lowest BCUT2D eigenvalue weighted by atomic mass is 9.81. The molecule has 1 spiro atoms. The van der Waals surface area contributed by atoms with Crippen molar-refractivity contribution in [2.24, 2.45) is 5.92 Å². The molecule has 1 aliphatic carbocycles. The number of piperidine rings is 1. The summed E-state index contributed by atoms with van der Waals surface area (Å²) in [5.41, 5.74) is 0.270. The molecule has 1 aromatic carbocycles. The van der Waals surface area contributed by atoms with Gasteiger partial charge in [-0.1, -0.05) is 30.3 Å². The van der Waals surface area contributed by atoms with Gasteiger partial charge < -0.3 is 10.2 Å². The van der Waals surface area contributed by atoms with Gasteiger partial charge in [0.1, 0.15) is 5.54 Å². The first kappa shape index (κ1) is 28.7. The van der Waals surface area contributed by atoms with Crippen LogP contribution in [-0.2, 0) is 9.59 Å². The van der Waals surface area contributed by atoms with Crippen LogP contribution < -0.4 is 5.32 Å². The third-order valence-electron chi connectivity index (χ3n) is 9.25. The average molecular weight is 553 g/mol. The number of carbonyl (C=O) groups is 3. The first-order valence-electron chi connectivity index (χ1n) is 13.7. The Kier molecular flexibility index (Phi) is 8.38. The number of likely N-dealkylation sites (N-methyl/N-ethyl adjacent to an activating group) is 2. The van der Waals surface area contributed by atoms with Crippen LogP contribution in [0.3, 0.4) is 0 Å². The molecule has 10 heteroatoms. The minimum Gasteiger partial charge on any atom is -0.349 e. The maximum absolute atomic E-state index is 13.6. The molecule has 1 saturated carbocycles. The number of carbonyl (C=O) groups excluding carboxylic acids is 3. The summed E-state index contributed by atoms with van der Waals surface area (Å²) in [6, 6.07) is 9.84. The normalized spacial score (nSPS) is 30.0. The molecule has 7 nitrogen and oxygen atoms in total. The minimum absolute atomic E-state index is 0. The SMILES string of the molecule is CCN1C(=O)N(C)C(=O)C12CC1CCC(C2)N1CC[C@H](NC(=O)C1CCC(F)(F)CC1)c1ccccc1.Cl. The van der Waals surface area contributed by atoms with Gasteiger partial charge in [0.05, 0.1) is 6.04 Å². The third-order valence-corrected chi connectivity index (χ3v) is 9.25. The number of nitrogens with zero attached hydrogens (tertiary/aromatic N) is 3. The lowest BCUT2D eigenvalue weighted by Gasteiger charge is -2.46. The Labute approximate surface area is 229 Å². The second-order valence-corrected chi connectivity index (χ2v) is 11.3. The van der Waals surface area contributed by atoms with Crippen molar-refractivity contribution < 1.29 is 23.2 Å². The maximum atomic E-state index is 13.6. The average Bonchev–Trinajstić information content (AvgIpc) is 3.22. The highest BCUT2D eigenvalue weighted by Gasteiger charge is 2.61. The van der Waals surface area contributed by atoms with Crippen molar-refractivity contribution in [1.29, 1.82) is 0 Å². The fraction of sp³-hybridized carbons (Fsp3) is 0.679. The van der Waals surface area contributed by atoms with Crippen LogP contribution in [0.2, 0.25) is 0 Å². The molecule has 4 fully saturated rings. The molecule has 3 saturated heterocycles. The second kappa shape index (κ2) is 11.1. The zero-order chi connectivity index (χ0) is 26.4. The molecule has 2 unspecified atom stereocenters. The van der Waals surface area contributed by atoms with Gasteiger partial charge in [0.15, 0.2) is 0 Å². The Hall–Kier alpha value is -2.26. The van der Waals surface area contributed by atoms with E-state index in [1.165, 1.54) is 4.90 Å². The summed E-state index contributed by atoms with van der Waals surface area (Å²) in [7, 11) is 1.58. The molecule has 210 valence electrons. The summed E-state index contributed by atoms with van der Waals surface area (Å²) in [6.07, 6.45) is 3.94. The molecule has 3 aliphatic heterocycles. The predicted molar refractivity (Wildman–Crippen MR) is 142 cm³/mol. The number of nitrogens with one attached hydrogen (secondary N) is 1. The van der Waals surface area contributed by atoms with E-state index in [0.29, 0.717) is 25.8 Å². The molecule has 0 radical (unpaired) electrons. The van der Waals surface area contributed by atoms with E-state index in [-0.39, 0.29) is 80.0 Å². The molecule has 5 rings (SSSR count). The Morgan fingerprint density at radius 1 is 1.05 bits per heavy atom. The fourth-order valence-corrected chi connectivity index (χ4v) is 7.27. The summed E-state index contributed by atoms with van der Waals surface area (Å²) < 4.78 is 27.2. The molecule has 3 heterocycles. The van der Waals surface area contributed by atoms with Crippen molar-refractivity contribution >= 4 is 30.3 Å². The van der Waals surface area contributed by atoms with Crippen LogP contribution in [-0.4, -0.2) is 76.2 Å². The number of imide groups is 1. The smallest absolute Gasteiger partial charge is 0.327 e. The zero-order valence-corrected chi connectivity index (χ0v) is 23.0. The van der Waals surface area contributed by atoms with E-state index in [4.69, 9.17) is 0 Å². The molecule has 4 amide bonds. The first-order chi connectivity index (χ1) is 17.6. The van der Waals surface area contributed by atoms with E-state index in [2.05, 4.69) is 10.2 Å². The third kappa shape index (κ3) is 5.16. The van der Waals surface area contributed by atoms with Crippen molar-refractivity contribution in [3.8, 4) is 0 Å². The number of fused-ring (bicyclic) bond motifs is 2. The number of halogens is 3. The lowest BCUT2D eigenvalue weighted by Crippen LogP contribution is -2.60. The summed E-state index contributed by atoms with van der Waals surface area (Å²) >= 11 is 0. The van der Waals surface area contributed by atoms with Crippen LogP contribution in [0.5, 0.6) is 0 Å². The summed E-state index contributed by atoms with van der Waals surface area (Å²) in [5, 5.41) is 3.18. The highest BCUT2D eigenvalue weighted by atomic mass is 35.5. The number of amides is 4. The van der Waals surface area contributed by atoms with Crippen molar-refractivity contribution in [3.05, 3.63) is 35.9 Å². The van der Waals surface area contributed by atoms with E-state index in [9.17, 15) is 23.2 Å². The molecule has 0 aromatic heterocycles. The van der Waals surface area contributed by atoms with Crippen molar-refractivity contribution in [2.45, 2.75) is 94.3 Å². The van der Waals surface area contributed by atoms with Gasteiger partial charge in [0, 0.05) is 51.0 Å². The predicted octanol–water partition coefficient (Wildman–Crippen LogP) is 4.76. The van der Waals surface area contributed by atoms with E-state index >= 15 is 0 Å². The van der Waals surface area contributed by atoms with Crippen LogP contribution in [0.25, 0.3) is 0 Å². The highest BCUT2D eigenvalue weighted by Crippen LogP contribution is 2.47. The lowest BCUT2D eigenvalue weighted by molar-refractivity contribution is -0.136. The van der Waals surface area contributed by atoms with Crippen LogP contribution in [0.1, 0.15) is 76.3 Å². The van der Waals surface area contributed by atoms with Gasteiger partial charge in [0.25, 0.3) is 5.91 Å². The van der Waals surface area contributed by atoms with Crippen LogP contribution in [0.4, 0.5) is 13.6 Å². The highest BCUT2D eigenvalue weighted by molar-refractivity contribution is 6.07. The Bertz CT molecular complexity index is 1020. The van der Waals surface area contributed by atoms with E-state index in [1.807, 2.05) is 37.3 Å². The molecule has 38 heavy (non-hydrogen) atoms. The van der Waals surface area contributed by atoms with Gasteiger partial charge >= 0.3 is 6.03 Å². The van der Waals surface area contributed by atoms with Gasteiger partial charge in [-0.3, -0.25) is 19.4 Å². The number of hydrogen-bond acceptors (Lipinski definition) is 4. The number of urea groups is 1. The van der Waals surface area contributed by atoms with Gasteiger partial charge in [-0.25, -0.2) is 13.6 Å². The Morgan fingerprint density at radius 2 is 1.66 bits per heavy atom. The Balaban J connectivity index is 0.00000336. The molecule has 2 bridgehead atoms. The maximum Gasteiger partial charge on any atom is 0.327 e. The summed E-state index contributed by atoms with van der Waals surface area (Å²) in [4.78, 5) is 44.5. The monoisotopic (exact) mass is 552 g/mol. The number of rotatable bonds is 7. The molecule has 1 N–H and O–H groups in total. The van der Waals surface area contributed by atoms with Gasteiger partial charge in [-0.2, -0.15) is 0 Å². The number of alkyl halides is 2. The van der Waals surface area contributed by atoms with E-state index in [1.54, 1.807) is 11.9 Å². The quantitative estimate of drug-likeness (QED) is 0.495. The number of hydrogen-bond donors (Lipinski definition) is 1. The molecular weight excluding hydrogens is 514 g/mol. The van der Waals surface area contributed by atoms with E-state index in [0.717, 1.165) is 24.9 Å². The molecule has 3 atom stereocenters. The summed E-state index contributed by atoms with van der Waals surface area (Å²) in [5.74, 6) is -3.25. The van der Waals surface area contributed by atoms with Crippen LogP contribution >= 0.6 is 12.4 Å². The van der Waals surface area contributed by atoms with Crippen molar-refractivity contribution in [1.82, 2.24) is 20.0 Å². The van der Waals surface area contributed by atoms with E-state index < -0.39 is 11.5 Å². The minimum atomic E-state index is -2.66. The fourth-order valence-electron chi connectivity index (χ4n) is 7.27. The first-order valence-corrected chi connectivity index (χ1v) is 13.7. The van der Waals surface area contributed by atoms with Crippen molar-refractivity contribution in [3.63, 3.8) is 0 Å².